The molecule has 2 aromatic carbocycles. The van der Waals surface area contributed by atoms with Gasteiger partial charge in [-0.15, -0.1) is 5.10 Å². The number of hydrogen-bond acceptors (Lipinski definition) is 4. The number of rotatable bonds is 3. The molecule has 0 aliphatic heterocycles. The smallest absolute Gasteiger partial charge is 0.246 e. The summed E-state index contributed by atoms with van der Waals surface area (Å²) in [7, 11) is 0. The number of nitrogens with zero attached hydrogens (tertiary/aromatic N) is 1. The minimum Gasteiger partial charge on any atom is -0.436 e. The molecule has 0 spiro atoms. The minimum absolute atomic E-state index is 0.248. The minimum atomic E-state index is 0.248. The Balaban J connectivity index is 2.11. The first kappa shape index (κ1) is 13.3. The first-order valence-corrected chi connectivity index (χ1v) is 6.82. The zero-order chi connectivity index (χ0) is 14.7. The topological polar surface area (TPSA) is 63.5 Å². The highest BCUT2D eigenvalue weighted by Gasteiger charge is 2.06. The Morgan fingerprint density at radius 2 is 1.76 bits per heavy atom. The third-order valence-electron chi connectivity index (χ3n) is 2.98. The van der Waals surface area contributed by atoms with Crippen molar-refractivity contribution in [2.75, 3.05) is 5.43 Å². The molecule has 3 rings (SSSR count). The average Bonchev–Trinajstić information content (AvgIpc) is 2.53. The van der Waals surface area contributed by atoms with Gasteiger partial charge in [0.25, 0.3) is 0 Å². The summed E-state index contributed by atoms with van der Waals surface area (Å²) >= 11 is 5.07. The summed E-state index contributed by atoms with van der Waals surface area (Å²) in [6.45, 7) is 0. The van der Waals surface area contributed by atoms with E-state index < -0.39 is 0 Å². The van der Waals surface area contributed by atoms with Crippen LogP contribution < -0.4 is 16.7 Å². The molecule has 104 valence electrons. The molecule has 21 heavy (non-hydrogen) atoms. The SMILES string of the molecule is NC(=S)c1cc2ccccc2o/c1=N/Nc1ccccc1. The van der Waals surface area contributed by atoms with Gasteiger partial charge in [-0.3, -0.25) is 5.43 Å². The predicted octanol–water partition coefficient (Wildman–Crippen LogP) is 2.99. The van der Waals surface area contributed by atoms with E-state index in [2.05, 4.69) is 10.5 Å². The zero-order valence-electron chi connectivity index (χ0n) is 11.1. The number of benzene rings is 2. The zero-order valence-corrected chi connectivity index (χ0v) is 11.9. The summed E-state index contributed by atoms with van der Waals surface area (Å²) in [5.41, 5.74) is 11.2. The first-order valence-electron chi connectivity index (χ1n) is 6.41. The van der Waals surface area contributed by atoms with Crippen LogP contribution in [0.1, 0.15) is 5.56 Å². The lowest BCUT2D eigenvalue weighted by molar-refractivity contribution is 0.539. The van der Waals surface area contributed by atoms with Crippen molar-refractivity contribution in [1.29, 1.82) is 0 Å². The molecular weight excluding hydrogens is 282 g/mol. The number of nitrogens with two attached hydrogens (primary N) is 1. The lowest BCUT2D eigenvalue weighted by atomic mass is 10.2. The van der Waals surface area contributed by atoms with E-state index >= 15 is 0 Å². The van der Waals surface area contributed by atoms with E-state index in [0.29, 0.717) is 11.1 Å². The number of anilines is 1. The largest absolute Gasteiger partial charge is 0.436 e. The van der Waals surface area contributed by atoms with Crippen LogP contribution in [-0.2, 0) is 0 Å². The fraction of sp³-hybridized carbons (Fsp3) is 0. The molecule has 0 aliphatic rings. The van der Waals surface area contributed by atoms with E-state index in [4.69, 9.17) is 22.4 Å². The Labute approximate surface area is 126 Å². The average molecular weight is 295 g/mol. The lowest BCUT2D eigenvalue weighted by Gasteiger charge is -2.04. The van der Waals surface area contributed by atoms with Gasteiger partial charge in [-0.05, 0) is 24.3 Å². The molecule has 1 aromatic heterocycles. The Kier molecular flexibility index (Phi) is 3.66. The maximum absolute atomic E-state index is 5.78. The van der Waals surface area contributed by atoms with E-state index in [1.165, 1.54) is 0 Å². The predicted molar refractivity (Wildman–Crippen MR) is 87.7 cm³/mol. The van der Waals surface area contributed by atoms with E-state index in [1.807, 2.05) is 60.7 Å². The Bertz CT molecular complexity index is 856. The van der Waals surface area contributed by atoms with Gasteiger partial charge in [0.2, 0.25) is 5.55 Å². The van der Waals surface area contributed by atoms with Crippen molar-refractivity contribution in [1.82, 2.24) is 0 Å². The molecule has 0 radical (unpaired) electrons. The van der Waals surface area contributed by atoms with Gasteiger partial charge in [0.1, 0.15) is 10.6 Å². The quantitative estimate of drug-likeness (QED) is 0.576. The van der Waals surface area contributed by atoms with Crippen molar-refractivity contribution in [2.45, 2.75) is 0 Å². The Morgan fingerprint density at radius 1 is 1.05 bits per heavy atom. The van der Waals surface area contributed by atoms with Gasteiger partial charge in [0.05, 0.1) is 11.3 Å². The van der Waals surface area contributed by atoms with Gasteiger partial charge in [-0.2, -0.15) is 0 Å². The van der Waals surface area contributed by atoms with Gasteiger partial charge >= 0.3 is 0 Å². The molecule has 1 heterocycles. The summed E-state index contributed by atoms with van der Waals surface area (Å²) in [5.74, 6) is 0. The van der Waals surface area contributed by atoms with Crippen LogP contribution in [0.5, 0.6) is 0 Å². The molecule has 3 N–H and O–H groups in total. The summed E-state index contributed by atoms with van der Waals surface area (Å²) in [6, 6.07) is 19.1. The van der Waals surface area contributed by atoms with Crippen molar-refractivity contribution >= 4 is 33.9 Å². The number of thiocarbonyl (C=S) groups is 1. The number of hydrogen-bond donors (Lipinski definition) is 2. The van der Waals surface area contributed by atoms with Gasteiger partial charge < -0.3 is 10.2 Å². The van der Waals surface area contributed by atoms with E-state index in [9.17, 15) is 0 Å². The molecule has 0 aliphatic carbocycles. The van der Waals surface area contributed by atoms with Crippen LogP contribution in [0.4, 0.5) is 5.69 Å². The summed E-state index contributed by atoms with van der Waals surface area (Å²) in [5, 5.41) is 5.19. The maximum atomic E-state index is 5.78. The molecule has 5 heteroatoms. The van der Waals surface area contributed by atoms with Crippen molar-refractivity contribution in [3.63, 3.8) is 0 Å². The highest BCUT2D eigenvalue weighted by atomic mass is 32.1. The van der Waals surface area contributed by atoms with Gasteiger partial charge in [0.15, 0.2) is 0 Å². The van der Waals surface area contributed by atoms with Crippen molar-refractivity contribution in [3.8, 4) is 0 Å². The second kappa shape index (κ2) is 5.76. The van der Waals surface area contributed by atoms with E-state index in [0.717, 1.165) is 16.7 Å². The van der Waals surface area contributed by atoms with Crippen LogP contribution in [0, 0.1) is 0 Å². The second-order valence-electron chi connectivity index (χ2n) is 4.46. The second-order valence-corrected chi connectivity index (χ2v) is 4.90. The molecule has 0 saturated carbocycles. The number of fused-ring (bicyclic) bond motifs is 1. The molecule has 4 nitrogen and oxygen atoms in total. The molecule has 0 fully saturated rings. The van der Waals surface area contributed by atoms with Crippen LogP contribution in [-0.4, -0.2) is 4.99 Å². The number of para-hydroxylation sites is 2. The molecular formula is C16H13N3OS. The number of nitrogens with one attached hydrogen (secondary N) is 1. The molecule has 0 amide bonds. The fourth-order valence-corrected chi connectivity index (χ4v) is 2.10. The summed E-state index contributed by atoms with van der Waals surface area (Å²) < 4.78 is 5.78. The highest BCUT2D eigenvalue weighted by molar-refractivity contribution is 7.80. The normalized spacial score (nSPS) is 11.5. The fourth-order valence-electron chi connectivity index (χ4n) is 1.96. The third-order valence-corrected chi connectivity index (χ3v) is 3.20. The molecule has 0 atom stereocenters. The molecule has 0 unspecified atom stereocenters. The van der Waals surface area contributed by atoms with Crippen LogP contribution in [0.15, 0.2) is 70.2 Å². The lowest BCUT2D eigenvalue weighted by Crippen LogP contribution is -2.22. The Morgan fingerprint density at radius 3 is 2.52 bits per heavy atom. The Hall–Kier alpha value is -2.66. The monoisotopic (exact) mass is 295 g/mol. The van der Waals surface area contributed by atoms with Crippen molar-refractivity contribution in [2.24, 2.45) is 10.8 Å². The standard InChI is InChI=1S/C16H13N3OS/c17-15(21)13-10-11-6-4-5-9-14(11)20-16(13)19-18-12-7-2-1-3-8-12/h1-10,18H,(H2,17,21)/b19-16+. The van der Waals surface area contributed by atoms with Gasteiger partial charge in [-0.25, -0.2) is 0 Å². The van der Waals surface area contributed by atoms with E-state index in [1.54, 1.807) is 0 Å². The molecule has 0 bridgehead atoms. The highest BCUT2D eigenvalue weighted by Crippen LogP contribution is 2.13. The van der Waals surface area contributed by atoms with Crippen molar-refractivity contribution in [3.05, 3.63) is 71.8 Å². The first-order chi connectivity index (χ1) is 10.2. The summed E-state index contributed by atoms with van der Waals surface area (Å²) in [4.78, 5) is 0.248. The van der Waals surface area contributed by atoms with Crippen LogP contribution in [0.2, 0.25) is 0 Å². The van der Waals surface area contributed by atoms with Gasteiger partial charge in [-0.1, -0.05) is 48.6 Å². The maximum Gasteiger partial charge on any atom is 0.246 e. The summed E-state index contributed by atoms with van der Waals surface area (Å²) in [6.07, 6.45) is 0. The van der Waals surface area contributed by atoms with Crippen LogP contribution in [0.3, 0.4) is 0 Å². The van der Waals surface area contributed by atoms with Crippen LogP contribution in [0.25, 0.3) is 11.0 Å². The molecule has 3 aromatic rings. The van der Waals surface area contributed by atoms with E-state index in [-0.39, 0.29) is 4.99 Å². The molecule has 0 saturated heterocycles. The third kappa shape index (κ3) is 2.93. The van der Waals surface area contributed by atoms with Crippen LogP contribution >= 0.6 is 12.2 Å². The van der Waals surface area contributed by atoms with Gasteiger partial charge in [0, 0.05) is 5.39 Å². The van der Waals surface area contributed by atoms with Crippen molar-refractivity contribution < 1.29 is 4.42 Å².